The topological polar surface area (TPSA) is 42.2 Å². The first-order chi connectivity index (χ1) is 7.52. The van der Waals surface area contributed by atoms with Gasteiger partial charge in [0.1, 0.15) is 5.69 Å². The number of carboxylic acid groups (broad SMARTS) is 1. The van der Waals surface area contributed by atoms with E-state index < -0.39 is 5.97 Å². The van der Waals surface area contributed by atoms with Gasteiger partial charge in [-0.25, -0.2) is 4.79 Å². The van der Waals surface area contributed by atoms with Gasteiger partial charge in [-0.15, -0.1) is 0 Å². The van der Waals surface area contributed by atoms with Gasteiger partial charge in [0, 0.05) is 16.5 Å². The fraction of sp³-hybridized carbons (Fsp3) is 0.250. The van der Waals surface area contributed by atoms with Gasteiger partial charge in [0.05, 0.1) is 5.52 Å². The number of rotatable bonds is 2. The van der Waals surface area contributed by atoms with Crippen LogP contribution in [0.5, 0.6) is 0 Å². The lowest BCUT2D eigenvalue weighted by molar-refractivity contribution is 0.0684. The summed E-state index contributed by atoms with van der Waals surface area (Å²) in [5.74, 6) is -0.930. The largest absolute Gasteiger partial charge is 0.477 e. The number of nitrogens with zero attached hydrogens (tertiary/aromatic N) is 1. The third-order valence-corrected chi connectivity index (χ3v) is 2.90. The van der Waals surface area contributed by atoms with Gasteiger partial charge in [-0.3, -0.25) is 0 Å². The Hall–Kier alpha value is -1.48. The van der Waals surface area contributed by atoms with Crippen molar-refractivity contribution in [2.75, 3.05) is 0 Å². The predicted octanol–water partition coefficient (Wildman–Crippen LogP) is 3.57. The van der Waals surface area contributed by atoms with Crippen molar-refractivity contribution < 1.29 is 9.90 Å². The molecule has 0 saturated heterocycles. The molecule has 0 aliphatic rings. The van der Waals surface area contributed by atoms with E-state index in [0.717, 1.165) is 10.9 Å². The van der Waals surface area contributed by atoms with Crippen LogP contribution in [0.2, 0.25) is 5.02 Å². The Morgan fingerprint density at radius 3 is 2.69 bits per heavy atom. The first-order valence-electron chi connectivity index (χ1n) is 5.05. The van der Waals surface area contributed by atoms with E-state index in [2.05, 4.69) is 0 Å². The fourth-order valence-electron chi connectivity index (χ4n) is 1.94. The van der Waals surface area contributed by atoms with Crippen LogP contribution in [0.4, 0.5) is 0 Å². The Morgan fingerprint density at radius 2 is 2.12 bits per heavy atom. The molecule has 0 fully saturated rings. The maximum Gasteiger partial charge on any atom is 0.352 e. The standard InChI is InChI=1S/C12H12ClNO2/c1-7(2)14-10-5-3-4-9(13)8(10)6-11(14)12(15)16/h3-7H,1-2H3,(H,15,16). The van der Waals surface area contributed by atoms with Crippen molar-refractivity contribution in [2.45, 2.75) is 19.9 Å². The van der Waals surface area contributed by atoms with E-state index in [4.69, 9.17) is 16.7 Å². The van der Waals surface area contributed by atoms with Gasteiger partial charge in [0.15, 0.2) is 0 Å². The summed E-state index contributed by atoms with van der Waals surface area (Å²) >= 11 is 6.05. The zero-order chi connectivity index (χ0) is 11.9. The molecule has 1 aromatic carbocycles. The molecule has 0 spiro atoms. The average Bonchev–Trinajstić information content (AvgIpc) is 2.58. The highest BCUT2D eigenvalue weighted by molar-refractivity contribution is 6.35. The number of aromatic carboxylic acids is 1. The molecule has 0 amide bonds. The molecule has 0 bridgehead atoms. The van der Waals surface area contributed by atoms with E-state index in [1.54, 1.807) is 16.7 Å². The first kappa shape index (κ1) is 11.0. The lowest BCUT2D eigenvalue weighted by atomic mass is 10.2. The van der Waals surface area contributed by atoms with Crippen LogP contribution >= 0.6 is 11.6 Å². The fourth-order valence-corrected chi connectivity index (χ4v) is 2.16. The number of carbonyl (C=O) groups is 1. The molecule has 0 aliphatic carbocycles. The predicted molar refractivity (Wildman–Crippen MR) is 64.3 cm³/mol. The van der Waals surface area contributed by atoms with Crippen LogP contribution in [0.3, 0.4) is 0 Å². The summed E-state index contributed by atoms with van der Waals surface area (Å²) in [6.45, 7) is 3.90. The highest BCUT2D eigenvalue weighted by Gasteiger charge is 2.17. The van der Waals surface area contributed by atoms with Crippen LogP contribution in [0.1, 0.15) is 30.4 Å². The molecule has 4 heteroatoms. The van der Waals surface area contributed by atoms with Crippen molar-refractivity contribution in [3.63, 3.8) is 0 Å². The molecule has 84 valence electrons. The highest BCUT2D eigenvalue weighted by Crippen LogP contribution is 2.29. The minimum Gasteiger partial charge on any atom is -0.477 e. The molecule has 1 aromatic heterocycles. The molecule has 0 saturated carbocycles. The molecule has 2 rings (SSSR count). The Balaban J connectivity index is 2.86. The van der Waals surface area contributed by atoms with Crippen molar-refractivity contribution in [2.24, 2.45) is 0 Å². The number of fused-ring (bicyclic) bond motifs is 1. The normalized spacial score (nSPS) is 11.2. The summed E-state index contributed by atoms with van der Waals surface area (Å²) in [4.78, 5) is 11.1. The van der Waals surface area contributed by atoms with E-state index in [9.17, 15) is 4.79 Å². The summed E-state index contributed by atoms with van der Waals surface area (Å²) in [6.07, 6.45) is 0. The third kappa shape index (κ3) is 1.57. The second-order valence-electron chi connectivity index (χ2n) is 3.97. The van der Waals surface area contributed by atoms with E-state index in [1.807, 2.05) is 26.0 Å². The van der Waals surface area contributed by atoms with Crippen molar-refractivity contribution in [3.05, 3.63) is 35.0 Å². The Kier molecular flexibility index (Phi) is 2.64. The van der Waals surface area contributed by atoms with Crippen LogP contribution in [0.25, 0.3) is 10.9 Å². The molecule has 1 N–H and O–H groups in total. The van der Waals surface area contributed by atoms with E-state index >= 15 is 0 Å². The monoisotopic (exact) mass is 237 g/mol. The Labute approximate surface area is 98.3 Å². The molecule has 0 unspecified atom stereocenters. The van der Waals surface area contributed by atoms with Gasteiger partial charge in [0.2, 0.25) is 0 Å². The minimum atomic E-state index is -0.930. The molecular formula is C12H12ClNO2. The average molecular weight is 238 g/mol. The van der Waals surface area contributed by atoms with Crippen molar-refractivity contribution in [3.8, 4) is 0 Å². The minimum absolute atomic E-state index is 0.0852. The molecule has 16 heavy (non-hydrogen) atoms. The third-order valence-electron chi connectivity index (χ3n) is 2.57. The number of hydrogen-bond acceptors (Lipinski definition) is 1. The summed E-state index contributed by atoms with van der Waals surface area (Å²) in [6, 6.07) is 7.19. The van der Waals surface area contributed by atoms with Crippen molar-refractivity contribution >= 4 is 28.5 Å². The summed E-state index contributed by atoms with van der Waals surface area (Å²) in [5, 5.41) is 10.5. The quantitative estimate of drug-likeness (QED) is 0.868. The molecular weight excluding hydrogens is 226 g/mol. The number of benzene rings is 1. The highest BCUT2D eigenvalue weighted by atomic mass is 35.5. The second-order valence-corrected chi connectivity index (χ2v) is 4.38. The Bertz CT molecular complexity index is 557. The van der Waals surface area contributed by atoms with Crippen LogP contribution in [-0.2, 0) is 0 Å². The van der Waals surface area contributed by atoms with Crippen molar-refractivity contribution in [1.82, 2.24) is 4.57 Å². The number of aromatic nitrogens is 1. The Morgan fingerprint density at radius 1 is 1.44 bits per heavy atom. The summed E-state index contributed by atoms with van der Waals surface area (Å²) in [7, 11) is 0. The zero-order valence-electron chi connectivity index (χ0n) is 9.07. The molecule has 2 aromatic rings. The van der Waals surface area contributed by atoms with Gasteiger partial charge in [-0.1, -0.05) is 17.7 Å². The maximum atomic E-state index is 11.1. The van der Waals surface area contributed by atoms with E-state index in [0.29, 0.717) is 5.02 Å². The van der Waals surface area contributed by atoms with Gasteiger partial charge >= 0.3 is 5.97 Å². The van der Waals surface area contributed by atoms with Gasteiger partial charge in [-0.2, -0.15) is 0 Å². The summed E-state index contributed by atoms with van der Waals surface area (Å²) < 4.78 is 1.78. The second kappa shape index (κ2) is 3.83. The van der Waals surface area contributed by atoms with Crippen LogP contribution in [0, 0.1) is 0 Å². The summed E-state index contributed by atoms with van der Waals surface area (Å²) in [5.41, 5.74) is 1.14. The molecule has 3 nitrogen and oxygen atoms in total. The maximum absolute atomic E-state index is 11.1. The van der Waals surface area contributed by atoms with Crippen LogP contribution in [0.15, 0.2) is 24.3 Å². The lowest BCUT2D eigenvalue weighted by Crippen LogP contribution is -2.10. The molecule has 0 aliphatic heterocycles. The first-order valence-corrected chi connectivity index (χ1v) is 5.43. The SMILES string of the molecule is CC(C)n1c(C(=O)O)cc2c(Cl)cccc21. The van der Waals surface area contributed by atoms with Gasteiger partial charge in [0.25, 0.3) is 0 Å². The van der Waals surface area contributed by atoms with Gasteiger partial charge < -0.3 is 9.67 Å². The lowest BCUT2D eigenvalue weighted by Gasteiger charge is -2.12. The smallest absolute Gasteiger partial charge is 0.352 e. The van der Waals surface area contributed by atoms with Crippen LogP contribution < -0.4 is 0 Å². The molecule has 0 atom stereocenters. The van der Waals surface area contributed by atoms with Crippen LogP contribution in [-0.4, -0.2) is 15.6 Å². The zero-order valence-corrected chi connectivity index (χ0v) is 9.82. The number of carboxylic acids is 1. The number of halogens is 1. The van der Waals surface area contributed by atoms with Gasteiger partial charge in [-0.05, 0) is 32.0 Å². The molecule has 0 radical (unpaired) electrons. The van der Waals surface area contributed by atoms with E-state index in [1.165, 1.54) is 0 Å². The van der Waals surface area contributed by atoms with Crippen molar-refractivity contribution in [1.29, 1.82) is 0 Å². The molecule has 1 heterocycles. The number of hydrogen-bond donors (Lipinski definition) is 1. The van der Waals surface area contributed by atoms with E-state index in [-0.39, 0.29) is 11.7 Å².